The fourth-order valence-electron chi connectivity index (χ4n) is 5.28. The average Bonchev–Trinajstić information content (AvgIpc) is 2.80. The van der Waals surface area contributed by atoms with E-state index in [4.69, 9.17) is 23.2 Å². The highest BCUT2D eigenvalue weighted by Crippen LogP contribution is 2.61. The van der Waals surface area contributed by atoms with E-state index in [0.29, 0.717) is 41.4 Å². The zero-order valence-corrected chi connectivity index (χ0v) is 18.8. The molecule has 6 heteroatoms. The van der Waals surface area contributed by atoms with Crippen LogP contribution >= 0.6 is 23.2 Å². The SMILES string of the molecule is O=C1N(c2ccc(F)cc2)[C@H](c2ccc(Cl)cc2)C12CCC(O)(c1ccc(Cl)cc1)CC2. The van der Waals surface area contributed by atoms with Gasteiger partial charge in [0.25, 0.3) is 0 Å². The van der Waals surface area contributed by atoms with Gasteiger partial charge in [0.2, 0.25) is 5.91 Å². The molecule has 0 radical (unpaired) electrons. The van der Waals surface area contributed by atoms with E-state index in [0.717, 1.165) is 11.1 Å². The third kappa shape index (κ3) is 3.42. The topological polar surface area (TPSA) is 40.5 Å². The molecule has 1 atom stereocenters. The van der Waals surface area contributed by atoms with Gasteiger partial charge in [-0.25, -0.2) is 4.39 Å². The van der Waals surface area contributed by atoms with E-state index >= 15 is 0 Å². The highest BCUT2D eigenvalue weighted by atomic mass is 35.5. The van der Waals surface area contributed by atoms with Crippen LogP contribution in [0.15, 0.2) is 72.8 Å². The Morgan fingerprint density at radius 2 is 1.34 bits per heavy atom. The van der Waals surface area contributed by atoms with Crippen LogP contribution in [0.25, 0.3) is 0 Å². The molecule has 0 aromatic heterocycles. The molecule has 1 N–H and O–H groups in total. The first-order valence-electron chi connectivity index (χ1n) is 10.7. The Morgan fingerprint density at radius 1 is 0.812 bits per heavy atom. The molecule has 2 aliphatic rings. The number of anilines is 1. The summed E-state index contributed by atoms with van der Waals surface area (Å²) in [7, 11) is 0. The van der Waals surface area contributed by atoms with Crippen molar-refractivity contribution in [3.05, 3.63) is 99.8 Å². The number of halogens is 3. The number of benzene rings is 3. The molecule has 2 fully saturated rings. The third-order valence-electron chi connectivity index (χ3n) is 7.07. The highest BCUT2D eigenvalue weighted by Gasteiger charge is 2.63. The van der Waals surface area contributed by atoms with Crippen molar-refractivity contribution in [1.82, 2.24) is 0 Å². The molecule has 0 unspecified atom stereocenters. The molecular weight excluding hydrogens is 448 g/mol. The largest absolute Gasteiger partial charge is 0.385 e. The summed E-state index contributed by atoms with van der Waals surface area (Å²) in [4.78, 5) is 15.3. The molecule has 1 amide bonds. The van der Waals surface area contributed by atoms with Crippen LogP contribution in [0.2, 0.25) is 10.0 Å². The third-order valence-corrected chi connectivity index (χ3v) is 7.57. The number of amides is 1. The van der Waals surface area contributed by atoms with E-state index in [-0.39, 0.29) is 17.8 Å². The molecular formula is C26H22Cl2FNO2. The molecule has 1 aliphatic heterocycles. The summed E-state index contributed by atoms with van der Waals surface area (Å²) in [6.07, 6.45) is 2.05. The van der Waals surface area contributed by atoms with Crippen LogP contribution in [0.4, 0.5) is 10.1 Å². The van der Waals surface area contributed by atoms with E-state index in [2.05, 4.69) is 0 Å². The summed E-state index contributed by atoms with van der Waals surface area (Å²) in [5, 5.41) is 12.6. The number of aliphatic hydroxyl groups is 1. The molecule has 1 heterocycles. The molecule has 3 aromatic carbocycles. The van der Waals surface area contributed by atoms with Crippen molar-refractivity contribution < 1.29 is 14.3 Å². The number of hydrogen-bond acceptors (Lipinski definition) is 2. The summed E-state index contributed by atoms with van der Waals surface area (Å²) in [5.41, 5.74) is 0.871. The Kier molecular flexibility index (Phi) is 5.28. The maximum atomic E-state index is 13.6. The summed E-state index contributed by atoms with van der Waals surface area (Å²) in [6.45, 7) is 0. The van der Waals surface area contributed by atoms with Crippen LogP contribution in [0, 0.1) is 11.2 Å². The van der Waals surface area contributed by atoms with Crippen LogP contribution < -0.4 is 4.90 Å². The van der Waals surface area contributed by atoms with Crippen LogP contribution in [0.5, 0.6) is 0 Å². The van der Waals surface area contributed by atoms with E-state index in [1.807, 2.05) is 36.4 Å². The zero-order chi connectivity index (χ0) is 22.5. The fraction of sp³-hybridized carbons (Fsp3) is 0.269. The van der Waals surface area contributed by atoms with E-state index in [1.54, 1.807) is 29.2 Å². The normalized spacial score (nSPS) is 27.4. The Hall–Kier alpha value is -2.40. The van der Waals surface area contributed by atoms with Crippen molar-refractivity contribution >= 4 is 34.8 Å². The molecule has 5 rings (SSSR count). The molecule has 1 spiro atoms. The van der Waals surface area contributed by atoms with Crippen molar-refractivity contribution in [3.8, 4) is 0 Å². The van der Waals surface area contributed by atoms with Gasteiger partial charge in [0, 0.05) is 15.7 Å². The van der Waals surface area contributed by atoms with Gasteiger partial charge in [-0.2, -0.15) is 0 Å². The van der Waals surface area contributed by atoms with Crippen LogP contribution in [-0.4, -0.2) is 11.0 Å². The molecule has 1 aliphatic carbocycles. The smallest absolute Gasteiger partial charge is 0.236 e. The lowest BCUT2D eigenvalue weighted by atomic mass is 9.56. The van der Waals surface area contributed by atoms with E-state index in [9.17, 15) is 14.3 Å². The van der Waals surface area contributed by atoms with Crippen molar-refractivity contribution in [1.29, 1.82) is 0 Å². The van der Waals surface area contributed by atoms with Gasteiger partial charge in [0.15, 0.2) is 0 Å². The monoisotopic (exact) mass is 469 g/mol. The number of hydrogen-bond donors (Lipinski definition) is 1. The predicted molar refractivity (Wildman–Crippen MR) is 124 cm³/mol. The van der Waals surface area contributed by atoms with Crippen LogP contribution in [0.1, 0.15) is 42.9 Å². The molecule has 3 nitrogen and oxygen atoms in total. The fourth-order valence-corrected chi connectivity index (χ4v) is 5.53. The quantitative estimate of drug-likeness (QED) is 0.435. The van der Waals surface area contributed by atoms with Gasteiger partial charge in [0.1, 0.15) is 5.82 Å². The minimum absolute atomic E-state index is 0.0159. The van der Waals surface area contributed by atoms with Crippen molar-refractivity contribution in [3.63, 3.8) is 0 Å². The maximum absolute atomic E-state index is 13.6. The van der Waals surface area contributed by atoms with Gasteiger partial charge in [-0.05, 0) is 85.3 Å². The second-order valence-electron chi connectivity index (χ2n) is 8.80. The molecule has 1 saturated carbocycles. The maximum Gasteiger partial charge on any atom is 0.236 e. The van der Waals surface area contributed by atoms with Gasteiger partial charge in [-0.3, -0.25) is 4.79 Å². The first-order chi connectivity index (χ1) is 15.3. The van der Waals surface area contributed by atoms with Gasteiger partial charge in [-0.1, -0.05) is 47.5 Å². The number of rotatable bonds is 3. The van der Waals surface area contributed by atoms with Crippen molar-refractivity contribution in [2.24, 2.45) is 5.41 Å². The van der Waals surface area contributed by atoms with Crippen LogP contribution in [0.3, 0.4) is 0 Å². The molecule has 1 saturated heterocycles. The Morgan fingerprint density at radius 3 is 1.91 bits per heavy atom. The van der Waals surface area contributed by atoms with E-state index in [1.165, 1.54) is 12.1 Å². The minimum Gasteiger partial charge on any atom is -0.385 e. The second kappa shape index (κ2) is 7.87. The summed E-state index contributed by atoms with van der Waals surface area (Å²) in [5.74, 6) is -0.326. The molecule has 32 heavy (non-hydrogen) atoms. The first-order valence-corrected chi connectivity index (χ1v) is 11.4. The van der Waals surface area contributed by atoms with Gasteiger partial charge in [-0.15, -0.1) is 0 Å². The number of carbonyl (C=O) groups is 1. The highest BCUT2D eigenvalue weighted by molar-refractivity contribution is 6.30. The minimum atomic E-state index is -0.989. The molecule has 3 aromatic rings. The standard InChI is InChI=1S/C26H22Cl2FNO2/c27-19-5-1-17(2-6-19)23-25(24(31)30(23)22-11-9-21(29)10-12-22)13-15-26(32,16-14-25)18-3-7-20(28)8-4-18/h1-12,23,32H,13-16H2/t23-,25?,26?/m1/s1. The lowest BCUT2D eigenvalue weighted by Crippen LogP contribution is -2.65. The first kappa shape index (κ1) is 21.4. The summed E-state index contributed by atoms with van der Waals surface area (Å²) >= 11 is 12.1. The second-order valence-corrected chi connectivity index (χ2v) is 9.67. The lowest BCUT2D eigenvalue weighted by Gasteiger charge is -2.59. The zero-order valence-electron chi connectivity index (χ0n) is 17.3. The Bertz CT molecular complexity index is 1140. The Balaban J connectivity index is 1.48. The van der Waals surface area contributed by atoms with Gasteiger partial charge in [0.05, 0.1) is 17.1 Å². The Labute approximate surface area is 196 Å². The number of nitrogens with zero attached hydrogens (tertiary/aromatic N) is 1. The lowest BCUT2D eigenvalue weighted by molar-refractivity contribution is -0.149. The van der Waals surface area contributed by atoms with Gasteiger partial charge < -0.3 is 10.0 Å². The van der Waals surface area contributed by atoms with Crippen molar-refractivity contribution in [2.75, 3.05) is 4.90 Å². The van der Waals surface area contributed by atoms with Crippen LogP contribution in [-0.2, 0) is 10.4 Å². The summed E-state index contributed by atoms with van der Waals surface area (Å²) < 4.78 is 13.5. The number of carbonyl (C=O) groups excluding carboxylic acids is 1. The predicted octanol–water partition coefficient (Wildman–Crippen LogP) is 6.67. The molecule has 0 bridgehead atoms. The van der Waals surface area contributed by atoms with Crippen molar-refractivity contribution in [2.45, 2.75) is 37.3 Å². The average molecular weight is 470 g/mol. The van der Waals surface area contributed by atoms with Gasteiger partial charge >= 0.3 is 0 Å². The van der Waals surface area contributed by atoms with E-state index < -0.39 is 11.0 Å². The number of β-lactam (4-membered cyclic amide) rings is 1. The summed E-state index contributed by atoms with van der Waals surface area (Å²) in [6, 6.07) is 20.6. The molecule has 164 valence electrons.